The second-order valence-electron chi connectivity index (χ2n) is 4.77. The van der Waals surface area contributed by atoms with Crippen LogP contribution in [0, 0.1) is 0 Å². The van der Waals surface area contributed by atoms with Crippen LogP contribution in [-0.2, 0) is 9.53 Å². The van der Waals surface area contributed by atoms with Crippen molar-refractivity contribution in [2.75, 3.05) is 5.32 Å². The van der Waals surface area contributed by atoms with Gasteiger partial charge in [-0.2, -0.15) is 0 Å². The van der Waals surface area contributed by atoms with Crippen LogP contribution in [0.15, 0.2) is 36.4 Å². The van der Waals surface area contributed by atoms with Crippen molar-refractivity contribution >= 4 is 17.9 Å². The van der Waals surface area contributed by atoms with E-state index in [-0.39, 0.29) is 18.4 Å². The highest BCUT2D eigenvalue weighted by molar-refractivity contribution is 5.76. The molecule has 0 radical (unpaired) electrons. The van der Waals surface area contributed by atoms with Gasteiger partial charge in [-0.25, -0.2) is 0 Å². The van der Waals surface area contributed by atoms with Crippen molar-refractivity contribution < 1.29 is 19.4 Å². The monoisotopic (exact) mass is 275 g/mol. The first-order valence-electron chi connectivity index (χ1n) is 6.46. The molecule has 0 saturated carbocycles. The standard InChI is InChI=1S/C15H17NO4/c1-10(18)2-7-14-13(8-15(19)20-14)16-12-5-3-11(9-17)4-6-12/h2-7,9-10,13-14,16,18H,8H2,1H3/t10-,13+,14+/m0/s1. The number of cyclic esters (lactones) is 1. The van der Waals surface area contributed by atoms with Crippen molar-refractivity contribution in [3.8, 4) is 0 Å². The van der Waals surface area contributed by atoms with Crippen molar-refractivity contribution in [1.82, 2.24) is 0 Å². The van der Waals surface area contributed by atoms with Gasteiger partial charge < -0.3 is 15.2 Å². The van der Waals surface area contributed by atoms with Crippen LogP contribution in [0.4, 0.5) is 5.69 Å². The van der Waals surface area contributed by atoms with Crippen LogP contribution >= 0.6 is 0 Å². The number of aliphatic hydroxyl groups excluding tert-OH is 1. The van der Waals surface area contributed by atoms with Crippen LogP contribution in [0.5, 0.6) is 0 Å². The maximum atomic E-state index is 11.4. The number of anilines is 1. The fourth-order valence-corrected chi connectivity index (χ4v) is 2.03. The smallest absolute Gasteiger partial charge is 0.308 e. The lowest BCUT2D eigenvalue weighted by Gasteiger charge is -2.17. The first kappa shape index (κ1) is 14.3. The summed E-state index contributed by atoms with van der Waals surface area (Å²) in [5.41, 5.74) is 1.41. The summed E-state index contributed by atoms with van der Waals surface area (Å²) in [6, 6.07) is 6.78. The molecule has 1 aliphatic rings. The average Bonchev–Trinajstić information content (AvgIpc) is 2.77. The summed E-state index contributed by atoms with van der Waals surface area (Å²) in [6.45, 7) is 1.63. The van der Waals surface area contributed by atoms with E-state index < -0.39 is 12.2 Å². The fourth-order valence-electron chi connectivity index (χ4n) is 2.03. The lowest BCUT2D eigenvalue weighted by molar-refractivity contribution is -0.140. The first-order valence-corrected chi connectivity index (χ1v) is 6.46. The Balaban J connectivity index is 2.05. The fraction of sp³-hybridized carbons (Fsp3) is 0.333. The third kappa shape index (κ3) is 3.68. The minimum atomic E-state index is -0.582. The van der Waals surface area contributed by atoms with Crippen molar-refractivity contribution in [3.63, 3.8) is 0 Å². The molecule has 2 N–H and O–H groups in total. The molecule has 1 saturated heterocycles. The molecule has 0 unspecified atom stereocenters. The van der Waals surface area contributed by atoms with Gasteiger partial charge in [0.05, 0.1) is 18.6 Å². The number of hydrogen-bond acceptors (Lipinski definition) is 5. The zero-order valence-electron chi connectivity index (χ0n) is 11.2. The summed E-state index contributed by atoms with van der Waals surface area (Å²) in [7, 11) is 0. The topological polar surface area (TPSA) is 75.6 Å². The SMILES string of the molecule is C[C@H](O)C=C[C@H]1OC(=O)C[C@H]1Nc1ccc(C=O)cc1. The van der Waals surface area contributed by atoms with Crippen LogP contribution in [0.3, 0.4) is 0 Å². The highest BCUT2D eigenvalue weighted by Crippen LogP contribution is 2.21. The minimum absolute atomic E-state index is 0.181. The number of aldehydes is 1. The second kappa shape index (κ2) is 6.34. The molecule has 0 spiro atoms. The Morgan fingerprint density at radius 2 is 2.10 bits per heavy atom. The summed E-state index contributed by atoms with van der Waals surface area (Å²) >= 11 is 0. The van der Waals surface area contributed by atoms with Gasteiger partial charge >= 0.3 is 5.97 Å². The molecule has 0 aromatic heterocycles. The maximum absolute atomic E-state index is 11.4. The molecule has 3 atom stereocenters. The summed E-state index contributed by atoms with van der Waals surface area (Å²) in [5.74, 6) is -0.271. The van der Waals surface area contributed by atoms with Gasteiger partial charge in [-0.1, -0.05) is 6.08 Å². The van der Waals surface area contributed by atoms with E-state index in [0.29, 0.717) is 5.56 Å². The first-order chi connectivity index (χ1) is 9.58. The lowest BCUT2D eigenvalue weighted by atomic mass is 10.1. The van der Waals surface area contributed by atoms with Crippen LogP contribution in [0.2, 0.25) is 0 Å². The van der Waals surface area contributed by atoms with E-state index >= 15 is 0 Å². The van der Waals surface area contributed by atoms with Crippen LogP contribution < -0.4 is 5.32 Å². The number of carbonyl (C=O) groups excluding carboxylic acids is 2. The Labute approximate surface area is 117 Å². The van der Waals surface area contributed by atoms with Gasteiger partial charge in [0.2, 0.25) is 0 Å². The van der Waals surface area contributed by atoms with Crippen molar-refractivity contribution in [1.29, 1.82) is 0 Å². The van der Waals surface area contributed by atoms with E-state index in [0.717, 1.165) is 12.0 Å². The second-order valence-corrected chi connectivity index (χ2v) is 4.77. The number of esters is 1. The molecule has 1 aromatic carbocycles. The highest BCUT2D eigenvalue weighted by atomic mass is 16.6. The number of benzene rings is 1. The summed E-state index contributed by atoms with van der Waals surface area (Å²) in [5, 5.41) is 12.4. The Hall–Kier alpha value is -2.14. The van der Waals surface area contributed by atoms with E-state index in [2.05, 4.69) is 5.32 Å². The Morgan fingerprint density at radius 3 is 2.70 bits per heavy atom. The van der Waals surface area contributed by atoms with Crippen LogP contribution in [0.25, 0.3) is 0 Å². The quantitative estimate of drug-likeness (QED) is 0.484. The van der Waals surface area contributed by atoms with E-state index in [1.165, 1.54) is 0 Å². The van der Waals surface area contributed by atoms with E-state index in [9.17, 15) is 14.7 Å². The molecule has 106 valence electrons. The number of carbonyl (C=O) groups is 2. The number of nitrogens with one attached hydrogen (secondary N) is 1. The molecular weight excluding hydrogens is 258 g/mol. The van der Waals surface area contributed by atoms with E-state index in [1.54, 1.807) is 43.3 Å². The van der Waals surface area contributed by atoms with Crippen LogP contribution in [0.1, 0.15) is 23.7 Å². The molecule has 2 rings (SSSR count). The van der Waals surface area contributed by atoms with Gasteiger partial charge in [-0.15, -0.1) is 0 Å². The number of aliphatic hydroxyl groups is 1. The maximum Gasteiger partial charge on any atom is 0.308 e. The normalized spacial score (nSPS) is 23.6. The van der Waals surface area contributed by atoms with Gasteiger partial charge in [0.25, 0.3) is 0 Å². The Morgan fingerprint density at radius 1 is 1.40 bits per heavy atom. The van der Waals surface area contributed by atoms with Crippen molar-refractivity contribution in [3.05, 3.63) is 42.0 Å². The molecule has 1 aliphatic heterocycles. The molecular formula is C15H17NO4. The van der Waals surface area contributed by atoms with E-state index in [4.69, 9.17) is 4.74 Å². The zero-order chi connectivity index (χ0) is 14.5. The molecule has 0 amide bonds. The van der Waals surface area contributed by atoms with Gasteiger partial charge in [0, 0.05) is 11.3 Å². The molecule has 5 nitrogen and oxygen atoms in total. The van der Waals surface area contributed by atoms with Gasteiger partial charge in [-0.05, 0) is 37.3 Å². The third-order valence-corrected chi connectivity index (χ3v) is 3.03. The predicted molar refractivity (Wildman–Crippen MR) is 74.6 cm³/mol. The van der Waals surface area contributed by atoms with Crippen LogP contribution in [-0.4, -0.2) is 35.6 Å². The molecule has 0 bridgehead atoms. The van der Waals surface area contributed by atoms with Gasteiger partial charge in [0.1, 0.15) is 12.4 Å². The minimum Gasteiger partial charge on any atom is -0.456 e. The predicted octanol–water partition coefficient (Wildman–Crippen LogP) is 1.53. The third-order valence-electron chi connectivity index (χ3n) is 3.03. The molecule has 20 heavy (non-hydrogen) atoms. The summed E-state index contributed by atoms with van der Waals surface area (Å²) in [4.78, 5) is 22.0. The highest BCUT2D eigenvalue weighted by Gasteiger charge is 2.32. The largest absolute Gasteiger partial charge is 0.456 e. The number of hydrogen-bond donors (Lipinski definition) is 2. The Kier molecular flexibility index (Phi) is 4.53. The molecule has 1 heterocycles. The van der Waals surface area contributed by atoms with Gasteiger partial charge in [0.15, 0.2) is 0 Å². The van der Waals surface area contributed by atoms with Gasteiger partial charge in [-0.3, -0.25) is 9.59 Å². The summed E-state index contributed by atoms with van der Waals surface area (Å²) < 4.78 is 5.19. The lowest BCUT2D eigenvalue weighted by Crippen LogP contribution is -2.27. The summed E-state index contributed by atoms with van der Waals surface area (Å²) in [6.07, 6.45) is 3.34. The van der Waals surface area contributed by atoms with E-state index in [1.807, 2.05) is 0 Å². The molecule has 1 aromatic rings. The van der Waals surface area contributed by atoms with Crippen molar-refractivity contribution in [2.45, 2.75) is 31.6 Å². The number of rotatable bonds is 5. The Bertz CT molecular complexity index is 507. The molecule has 0 aliphatic carbocycles. The molecule has 5 heteroatoms. The van der Waals surface area contributed by atoms with Crippen molar-refractivity contribution in [2.24, 2.45) is 0 Å². The molecule has 1 fully saturated rings. The number of ether oxygens (including phenoxy) is 1. The zero-order valence-corrected chi connectivity index (χ0v) is 11.2. The average molecular weight is 275 g/mol.